The van der Waals surface area contributed by atoms with Crippen LogP contribution in [0.25, 0.3) is 0 Å². The Morgan fingerprint density at radius 1 is 1.18 bits per heavy atom. The summed E-state index contributed by atoms with van der Waals surface area (Å²) in [5.74, 6) is -1.12. The standard InChI is InChI=1S/C12H13N3O2/c16-11-10(7-4-8-13-12(11)17)15-14-9-5-2-1-3-6-9/h1-3,5-6,14H,4,7-8H2,(H,13,17). The van der Waals surface area contributed by atoms with Gasteiger partial charge in [-0.25, -0.2) is 0 Å². The molecule has 1 aromatic rings. The Balaban J connectivity index is 2.10. The second-order valence-corrected chi connectivity index (χ2v) is 3.72. The number of nitrogens with one attached hydrogen (secondary N) is 2. The van der Waals surface area contributed by atoms with Crippen molar-refractivity contribution in [2.45, 2.75) is 12.8 Å². The highest BCUT2D eigenvalue weighted by Gasteiger charge is 2.23. The molecule has 0 unspecified atom stereocenters. The molecule has 0 saturated carbocycles. The van der Waals surface area contributed by atoms with Crippen molar-refractivity contribution in [3.8, 4) is 0 Å². The smallest absolute Gasteiger partial charge is 0.293 e. The normalized spacial score (nSPS) is 18.7. The van der Waals surface area contributed by atoms with Gasteiger partial charge in [0.1, 0.15) is 5.71 Å². The second kappa shape index (κ2) is 5.25. The van der Waals surface area contributed by atoms with Gasteiger partial charge in [-0.2, -0.15) is 5.10 Å². The van der Waals surface area contributed by atoms with Gasteiger partial charge in [0, 0.05) is 6.54 Å². The van der Waals surface area contributed by atoms with Crippen molar-refractivity contribution in [1.82, 2.24) is 5.32 Å². The summed E-state index contributed by atoms with van der Waals surface area (Å²) in [6, 6.07) is 9.30. The van der Waals surface area contributed by atoms with Gasteiger partial charge in [-0.3, -0.25) is 15.0 Å². The van der Waals surface area contributed by atoms with E-state index in [0.717, 1.165) is 12.1 Å². The molecule has 1 saturated heterocycles. The number of rotatable bonds is 2. The summed E-state index contributed by atoms with van der Waals surface area (Å²) in [6.07, 6.45) is 1.24. The highest BCUT2D eigenvalue weighted by atomic mass is 16.2. The number of nitrogens with zero attached hydrogens (tertiary/aromatic N) is 1. The molecule has 1 aliphatic heterocycles. The zero-order valence-corrected chi connectivity index (χ0v) is 9.27. The molecule has 1 aromatic carbocycles. The minimum Gasteiger partial charge on any atom is -0.349 e. The number of benzene rings is 1. The third-order valence-electron chi connectivity index (χ3n) is 2.44. The van der Waals surface area contributed by atoms with Crippen molar-refractivity contribution in [3.05, 3.63) is 30.3 Å². The molecular weight excluding hydrogens is 218 g/mol. The maximum absolute atomic E-state index is 11.6. The number of anilines is 1. The van der Waals surface area contributed by atoms with Crippen LogP contribution in [-0.4, -0.2) is 23.9 Å². The van der Waals surface area contributed by atoms with Crippen molar-refractivity contribution >= 4 is 23.1 Å². The first kappa shape index (κ1) is 11.3. The summed E-state index contributed by atoms with van der Waals surface area (Å²) >= 11 is 0. The van der Waals surface area contributed by atoms with E-state index in [1.54, 1.807) is 0 Å². The second-order valence-electron chi connectivity index (χ2n) is 3.72. The van der Waals surface area contributed by atoms with E-state index in [2.05, 4.69) is 15.8 Å². The summed E-state index contributed by atoms with van der Waals surface area (Å²) in [5.41, 5.74) is 3.85. The van der Waals surface area contributed by atoms with Gasteiger partial charge in [0.15, 0.2) is 0 Å². The molecule has 0 bridgehead atoms. The quantitative estimate of drug-likeness (QED) is 0.587. The highest BCUT2D eigenvalue weighted by molar-refractivity contribution is 6.65. The molecule has 5 heteroatoms. The molecule has 2 rings (SSSR count). The molecule has 1 heterocycles. The summed E-state index contributed by atoms with van der Waals surface area (Å²) in [5, 5.41) is 6.53. The average molecular weight is 231 g/mol. The van der Waals surface area contributed by atoms with E-state index < -0.39 is 11.7 Å². The first-order valence-electron chi connectivity index (χ1n) is 5.47. The molecule has 2 N–H and O–H groups in total. The number of amides is 1. The molecule has 17 heavy (non-hydrogen) atoms. The van der Waals surface area contributed by atoms with Crippen LogP contribution in [0.1, 0.15) is 12.8 Å². The molecule has 1 aliphatic rings. The van der Waals surface area contributed by atoms with Crippen molar-refractivity contribution in [1.29, 1.82) is 0 Å². The molecule has 0 atom stereocenters. The Labute approximate surface area is 98.9 Å². The Morgan fingerprint density at radius 3 is 2.71 bits per heavy atom. The van der Waals surface area contributed by atoms with Crippen LogP contribution in [0.15, 0.2) is 35.4 Å². The molecule has 1 fully saturated rings. The van der Waals surface area contributed by atoms with Gasteiger partial charge in [0.2, 0.25) is 0 Å². The minimum absolute atomic E-state index is 0.281. The number of carbonyl (C=O) groups excluding carboxylic acids is 2. The van der Waals surface area contributed by atoms with Gasteiger partial charge in [-0.1, -0.05) is 18.2 Å². The van der Waals surface area contributed by atoms with E-state index in [-0.39, 0.29) is 5.71 Å². The summed E-state index contributed by atoms with van der Waals surface area (Å²) in [4.78, 5) is 22.9. The number of ketones is 1. The molecule has 0 radical (unpaired) electrons. The van der Waals surface area contributed by atoms with Crippen LogP contribution in [0.5, 0.6) is 0 Å². The first-order valence-corrected chi connectivity index (χ1v) is 5.47. The van der Waals surface area contributed by atoms with Crippen LogP contribution < -0.4 is 10.7 Å². The summed E-state index contributed by atoms with van der Waals surface area (Å²) in [6.45, 7) is 0.523. The predicted octanol–water partition coefficient (Wildman–Crippen LogP) is 0.934. The van der Waals surface area contributed by atoms with Crippen LogP contribution >= 0.6 is 0 Å². The molecular formula is C12H13N3O2. The van der Waals surface area contributed by atoms with Crippen LogP contribution in [0, 0.1) is 0 Å². The molecule has 0 aliphatic carbocycles. The van der Waals surface area contributed by atoms with E-state index in [1.165, 1.54) is 0 Å². The Bertz CT molecular complexity index is 454. The highest BCUT2D eigenvalue weighted by Crippen LogP contribution is 2.06. The topological polar surface area (TPSA) is 70.6 Å². The molecule has 0 aromatic heterocycles. The van der Waals surface area contributed by atoms with Gasteiger partial charge in [-0.15, -0.1) is 0 Å². The van der Waals surface area contributed by atoms with E-state index >= 15 is 0 Å². The maximum atomic E-state index is 11.6. The minimum atomic E-state index is -0.573. The lowest BCUT2D eigenvalue weighted by Crippen LogP contribution is -2.32. The molecule has 88 valence electrons. The first-order chi connectivity index (χ1) is 8.27. The average Bonchev–Trinajstić information content (AvgIpc) is 2.52. The lowest BCUT2D eigenvalue weighted by atomic mass is 10.1. The van der Waals surface area contributed by atoms with Gasteiger partial charge in [-0.05, 0) is 25.0 Å². The fourth-order valence-electron chi connectivity index (χ4n) is 1.53. The third kappa shape index (κ3) is 2.90. The zero-order chi connectivity index (χ0) is 12.1. The fourth-order valence-corrected chi connectivity index (χ4v) is 1.53. The fraction of sp³-hybridized carbons (Fsp3) is 0.250. The Hall–Kier alpha value is -2.17. The number of Topliss-reactive ketones (excluding diaryl/α,β-unsaturated/α-hetero) is 1. The predicted molar refractivity (Wildman–Crippen MR) is 64.8 cm³/mol. The largest absolute Gasteiger partial charge is 0.349 e. The van der Waals surface area contributed by atoms with Crippen molar-refractivity contribution in [3.63, 3.8) is 0 Å². The number of hydrazone groups is 1. The molecule has 5 nitrogen and oxygen atoms in total. The van der Waals surface area contributed by atoms with Crippen molar-refractivity contribution < 1.29 is 9.59 Å². The van der Waals surface area contributed by atoms with Crippen LogP contribution in [0.3, 0.4) is 0 Å². The maximum Gasteiger partial charge on any atom is 0.293 e. The number of carbonyl (C=O) groups is 2. The van der Waals surface area contributed by atoms with Gasteiger partial charge in [0.05, 0.1) is 5.69 Å². The van der Waals surface area contributed by atoms with Gasteiger partial charge >= 0.3 is 0 Å². The zero-order valence-electron chi connectivity index (χ0n) is 9.27. The lowest BCUT2D eigenvalue weighted by Gasteiger charge is -2.02. The Morgan fingerprint density at radius 2 is 1.94 bits per heavy atom. The summed E-state index contributed by atoms with van der Waals surface area (Å²) in [7, 11) is 0. The van der Waals surface area contributed by atoms with Gasteiger partial charge < -0.3 is 5.32 Å². The van der Waals surface area contributed by atoms with E-state index in [1.807, 2.05) is 30.3 Å². The SMILES string of the molecule is O=C1NCCCC(=NNc2ccccc2)C1=O. The van der Waals surface area contributed by atoms with E-state index in [4.69, 9.17) is 0 Å². The number of para-hydroxylation sites is 1. The lowest BCUT2D eigenvalue weighted by molar-refractivity contribution is -0.134. The monoisotopic (exact) mass is 231 g/mol. The Kier molecular flexibility index (Phi) is 3.49. The summed E-state index contributed by atoms with van der Waals surface area (Å²) < 4.78 is 0. The van der Waals surface area contributed by atoms with Crippen molar-refractivity contribution in [2.75, 3.05) is 12.0 Å². The number of hydrogen-bond donors (Lipinski definition) is 2. The van der Waals surface area contributed by atoms with Gasteiger partial charge in [0.25, 0.3) is 11.7 Å². The van der Waals surface area contributed by atoms with E-state index in [0.29, 0.717) is 13.0 Å². The molecule has 1 amide bonds. The van der Waals surface area contributed by atoms with Crippen LogP contribution in [-0.2, 0) is 9.59 Å². The van der Waals surface area contributed by atoms with Crippen molar-refractivity contribution in [2.24, 2.45) is 5.10 Å². The van der Waals surface area contributed by atoms with E-state index in [9.17, 15) is 9.59 Å². The van der Waals surface area contributed by atoms with Crippen LogP contribution in [0.4, 0.5) is 5.69 Å². The van der Waals surface area contributed by atoms with Crippen LogP contribution in [0.2, 0.25) is 0 Å². The third-order valence-corrected chi connectivity index (χ3v) is 2.44. The molecule has 0 spiro atoms. The number of hydrogen-bond acceptors (Lipinski definition) is 4.